The van der Waals surface area contributed by atoms with Crippen LogP contribution in [-0.2, 0) is 21.4 Å². The number of halogens is 1. The van der Waals surface area contributed by atoms with Crippen molar-refractivity contribution < 1.29 is 13.2 Å². The zero-order valence-corrected chi connectivity index (χ0v) is 15.6. The van der Waals surface area contributed by atoms with Gasteiger partial charge in [-0.2, -0.15) is 4.31 Å². The van der Waals surface area contributed by atoms with Crippen LogP contribution in [0.3, 0.4) is 0 Å². The molecule has 25 heavy (non-hydrogen) atoms. The number of rotatable bonds is 8. The Bertz CT molecular complexity index is 793. The normalized spacial score (nSPS) is 11.5. The monoisotopic (exact) mass is 380 g/mol. The largest absolute Gasteiger partial charge is 0.355 e. The van der Waals surface area contributed by atoms with E-state index in [4.69, 9.17) is 11.6 Å². The van der Waals surface area contributed by atoms with Crippen LogP contribution in [0, 0.1) is 0 Å². The Kier molecular flexibility index (Phi) is 6.99. The van der Waals surface area contributed by atoms with Gasteiger partial charge in [0.15, 0.2) is 0 Å². The lowest BCUT2D eigenvalue weighted by Crippen LogP contribution is -2.40. The van der Waals surface area contributed by atoms with E-state index in [1.807, 2.05) is 6.92 Å². The third-order valence-electron chi connectivity index (χ3n) is 3.55. The molecule has 0 aromatic heterocycles. The quantitative estimate of drug-likeness (QED) is 0.765. The average molecular weight is 381 g/mol. The van der Waals surface area contributed by atoms with Crippen LogP contribution in [0.15, 0.2) is 59.5 Å². The van der Waals surface area contributed by atoms with E-state index in [1.165, 1.54) is 16.4 Å². The van der Waals surface area contributed by atoms with Crippen molar-refractivity contribution in [3.63, 3.8) is 0 Å². The first-order chi connectivity index (χ1) is 11.9. The number of carbonyl (C=O) groups excluding carboxylic acids is 1. The maximum atomic E-state index is 12.9. The zero-order chi connectivity index (χ0) is 18.3. The number of nitrogens with zero attached hydrogens (tertiary/aromatic N) is 1. The molecule has 0 bridgehead atoms. The molecule has 2 rings (SSSR count). The third kappa shape index (κ3) is 5.56. The molecule has 0 atom stereocenters. The first-order valence-corrected chi connectivity index (χ1v) is 9.81. The van der Waals surface area contributed by atoms with Crippen LogP contribution in [0.4, 0.5) is 0 Å². The highest BCUT2D eigenvalue weighted by atomic mass is 35.5. The van der Waals surface area contributed by atoms with Crippen LogP contribution in [0.5, 0.6) is 0 Å². The van der Waals surface area contributed by atoms with Crippen molar-refractivity contribution in [1.82, 2.24) is 9.62 Å². The second-order valence-electron chi connectivity index (χ2n) is 5.56. The molecule has 0 heterocycles. The van der Waals surface area contributed by atoms with Crippen molar-refractivity contribution in [2.75, 3.05) is 13.1 Å². The fourth-order valence-corrected chi connectivity index (χ4v) is 3.77. The molecule has 0 radical (unpaired) electrons. The molecule has 5 nitrogen and oxygen atoms in total. The van der Waals surface area contributed by atoms with E-state index in [0.29, 0.717) is 11.6 Å². The standard InChI is InChI=1S/C18H21ClN2O3S/c1-2-12-20-18(22)14-21(13-15-8-10-16(19)11-9-15)25(23,24)17-6-4-3-5-7-17/h3-11H,2,12-14H2,1H3,(H,20,22). The molecule has 2 aromatic rings. The predicted octanol–water partition coefficient (Wildman–Crippen LogP) is 3.06. The lowest BCUT2D eigenvalue weighted by Gasteiger charge is -2.22. The van der Waals surface area contributed by atoms with Crippen molar-refractivity contribution >= 4 is 27.5 Å². The first-order valence-electron chi connectivity index (χ1n) is 8.00. The minimum absolute atomic E-state index is 0.0912. The highest BCUT2D eigenvalue weighted by molar-refractivity contribution is 7.89. The molecule has 0 aliphatic rings. The van der Waals surface area contributed by atoms with E-state index in [2.05, 4.69) is 5.32 Å². The smallest absolute Gasteiger partial charge is 0.243 e. The van der Waals surface area contributed by atoms with E-state index in [9.17, 15) is 13.2 Å². The third-order valence-corrected chi connectivity index (χ3v) is 5.60. The van der Waals surface area contributed by atoms with Gasteiger partial charge in [0, 0.05) is 18.1 Å². The lowest BCUT2D eigenvalue weighted by molar-refractivity contribution is -0.121. The van der Waals surface area contributed by atoms with E-state index < -0.39 is 10.0 Å². The topological polar surface area (TPSA) is 66.5 Å². The Morgan fingerprint density at radius 3 is 2.32 bits per heavy atom. The highest BCUT2D eigenvalue weighted by Gasteiger charge is 2.26. The fraction of sp³-hybridized carbons (Fsp3) is 0.278. The Labute approximate surface area is 153 Å². The molecule has 0 aliphatic heterocycles. The summed E-state index contributed by atoms with van der Waals surface area (Å²) in [5.41, 5.74) is 0.757. The van der Waals surface area contributed by atoms with Gasteiger partial charge in [-0.05, 0) is 36.2 Å². The van der Waals surface area contributed by atoms with Crippen LogP contribution < -0.4 is 5.32 Å². The van der Waals surface area contributed by atoms with Crippen LogP contribution >= 0.6 is 11.6 Å². The number of hydrogen-bond acceptors (Lipinski definition) is 3. The second kappa shape index (κ2) is 8.99. The van der Waals surface area contributed by atoms with Gasteiger partial charge < -0.3 is 5.32 Å². The van der Waals surface area contributed by atoms with Gasteiger partial charge in [0.1, 0.15) is 0 Å². The molecule has 0 aliphatic carbocycles. The summed E-state index contributed by atoms with van der Waals surface area (Å²) in [7, 11) is -3.79. The maximum absolute atomic E-state index is 12.9. The summed E-state index contributed by atoms with van der Waals surface area (Å²) in [6.07, 6.45) is 0.786. The molecule has 0 unspecified atom stereocenters. The molecule has 0 saturated heterocycles. The summed E-state index contributed by atoms with van der Waals surface area (Å²) in [6.45, 7) is 2.30. The summed E-state index contributed by atoms with van der Waals surface area (Å²) >= 11 is 5.88. The van der Waals surface area contributed by atoms with Gasteiger partial charge >= 0.3 is 0 Å². The molecule has 0 fully saturated rings. The van der Waals surface area contributed by atoms with E-state index in [0.717, 1.165) is 12.0 Å². The Balaban J connectivity index is 2.27. The van der Waals surface area contributed by atoms with Crippen molar-refractivity contribution in [2.24, 2.45) is 0 Å². The maximum Gasteiger partial charge on any atom is 0.243 e. The zero-order valence-electron chi connectivity index (χ0n) is 14.0. The first kappa shape index (κ1) is 19.4. The van der Waals surface area contributed by atoms with Gasteiger partial charge in [0.2, 0.25) is 15.9 Å². The van der Waals surface area contributed by atoms with Gasteiger partial charge in [-0.3, -0.25) is 4.79 Å². The van der Waals surface area contributed by atoms with Crippen molar-refractivity contribution in [3.05, 3.63) is 65.2 Å². The van der Waals surface area contributed by atoms with Gasteiger partial charge in [-0.15, -0.1) is 0 Å². The number of amides is 1. The summed E-state index contributed by atoms with van der Waals surface area (Å²) in [6, 6.07) is 15.0. The molecular formula is C18H21ClN2O3S. The summed E-state index contributed by atoms with van der Waals surface area (Å²) in [5, 5.41) is 3.29. The van der Waals surface area contributed by atoms with Gasteiger partial charge in [-0.1, -0.05) is 48.9 Å². The molecule has 1 N–H and O–H groups in total. The molecule has 1 amide bonds. The Morgan fingerprint density at radius 2 is 1.72 bits per heavy atom. The van der Waals surface area contributed by atoms with Crippen LogP contribution in [-0.4, -0.2) is 31.7 Å². The van der Waals surface area contributed by atoms with E-state index in [-0.39, 0.29) is 23.9 Å². The predicted molar refractivity (Wildman–Crippen MR) is 98.8 cm³/mol. The minimum atomic E-state index is -3.79. The van der Waals surface area contributed by atoms with E-state index >= 15 is 0 Å². The summed E-state index contributed by atoms with van der Waals surface area (Å²) < 4.78 is 27.0. The van der Waals surface area contributed by atoms with Gasteiger partial charge in [-0.25, -0.2) is 8.42 Å². The molecule has 134 valence electrons. The minimum Gasteiger partial charge on any atom is -0.355 e. The fourth-order valence-electron chi connectivity index (χ4n) is 2.24. The number of hydrogen-bond donors (Lipinski definition) is 1. The van der Waals surface area contributed by atoms with Gasteiger partial charge in [0.05, 0.1) is 11.4 Å². The Morgan fingerprint density at radius 1 is 1.08 bits per heavy atom. The number of sulfonamides is 1. The summed E-state index contributed by atoms with van der Waals surface area (Å²) in [5.74, 6) is -0.324. The second-order valence-corrected chi connectivity index (χ2v) is 7.94. The molecule has 7 heteroatoms. The molecule has 0 spiro atoms. The molecular weight excluding hydrogens is 360 g/mol. The van der Waals surface area contributed by atoms with Crippen molar-refractivity contribution in [3.8, 4) is 0 Å². The number of nitrogens with one attached hydrogen (secondary N) is 1. The van der Waals surface area contributed by atoms with Crippen LogP contribution in [0.1, 0.15) is 18.9 Å². The van der Waals surface area contributed by atoms with Crippen LogP contribution in [0.2, 0.25) is 5.02 Å². The SMILES string of the molecule is CCCNC(=O)CN(Cc1ccc(Cl)cc1)S(=O)(=O)c1ccccc1. The Hall–Kier alpha value is -1.89. The lowest BCUT2D eigenvalue weighted by atomic mass is 10.2. The number of benzene rings is 2. The van der Waals surface area contributed by atoms with Crippen molar-refractivity contribution in [1.29, 1.82) is 0 Å². The molecule has 0 saturated carbocycles. The average Bonchev–Trinajstić information content (AvgIpc) is 2.62. The van der Waals surface area contributed by atoms with E-state index in [1.54, 1.807) is 42.5 Å². The summed E-state index contributed by atoms with van der Waals surface area (Å²) in [4.78, 5) is 12.3. The van der Waals surface area contributed by atoms with Crippen LogP contribution in [0.25, 0.3) is 0 Å². The molecule has 2 aromatic carbocycles. The number of carbonyl (C=O) groups is 1. The van der Waals surface area contributed by atoms with Crippen molar-refractivity contribution in [2.45, 2.75) is 24.8 Å². The highest BCUT2D eigenvalue weighted by Crippen LogP contribution is 2.19. The van der Waals surface area contributed by atoms with Gasteiger partial charge in [0.25, 0.3) is 0 Å².